The third-order valence-electron chi connectivity index (χ3n) is 5.75. The van der Waals surface area contributed by atoms with Gasteiger partial charge in [-0.05, 0) is 36.8 Å². The minimum atomic E-state index is 0.0559. The third kappa shape index (κ3) is 5.17. The number of hydrogen-bond acceptors (Lipinski definition) is 5. The highest BCUT2D eigenvalue weighted by molar-refractivity contribution is 5.94. The molecule has 7 nitrogen and oxygen atoms in total. The number of carbonyl (C=O) groups is 2. The van der Waals surface area contributed by atoms with Crippen molar-refractivity contribution in [1.82, 2.24) is 14.7 Å². The van der Waals surface area contributed by atoms with E-state index in [0.717, 1.165) is 17.1 Å². The Bertz CT molecular complexity index is 910. The van der Waals surface area contributed by atoms with E-state index in [1.807, 2.05) is 65.3 Å². The van der Waals surface area contributed by atoms with E-state index in [1.165, 1.54) is 0 Å². The van der Waals surface area contributed by atoms with E-state index in [1.54, 1.807) is 0 Å². The molecule has 0 N–H and O–H groups in total. The molecule has 2 amide bonds. The zero-order valence-electron chi connectivity index (χ0n) is 18.0. The third-order valence-corrected chi connectivity index (χ3v) is 5.75. The molecular weight excluding hydrogens is 394 g/mol. The van der Waals surface area contributed by atoms with Crippen LogP contribution in [0.4, 0.5) is 0 Å². The number of rotatable bonds is 6. The zero-order valence-corrected chi connectivity index (χ0v) is 18.0. The highest BCUT2D eigenvalue weighted by Gasteiger charge is 2.24. The van der Waals surface area contributed by atoms with E-state index in [0.29, 0.717) is 64.6 Å². The minimum absolute atomic E-state index is 0.0559. The van der Waals surface area contributed by atoms with Crippen molar-refractivity contribution in [3.8, 4) is 11.5 Å². The Morgan fingerprint density at radius 1 is 0.935 bits per heavy atom. The van der Waals surface area contributed by atoms with E-state index >= 15 is 0 Å². The number of ether oxygens (including phenoxy) is 2. The van der Waals surface area contributed by atoms with Gasteiger partial charge in [0.15, 0.2) is 11.5 Å². The number of likely N-dealkylation sites (N-methyl/N-ethyl adjacent to an activating group) is 1. The van der Waals surface area contributed by atoms with Crippen molar-refractivity contribution in [3.05, 3.63) is 59.7 Å². The number of benzene rings is 2. The molecule has 31 heavy (non-hydrogen) atoms. The van der Waals surface area contributed by atoms with Crippen molar-refractivity contribution < 1.29 is 19.1 Å². The average molecular weight is 424 g/mol. The van der Waals surface area contributed by atoms with E-state index in [9.17, 15) is 9.59 Å². The highest BCUT2D eigenvalue weighted by Crippen LogP contribution is 2.31. The molecule has 0 radical (unpaired) electrons. The standard InChI is InChI=1S/C24H29N3O4/c1-2-26(17-19-8-9-21-22(16-19)31-15-14-30-21)23(28)18-25-10-12-27(13-11-25)24(29)20-6-4-3-5-7-20/h3-9,16H,2,10-15,17-18H2,1H3. The van der Waals surface area contributed by atoms with Crippen molar-refractivity contribution in [2.45, 2.75) is 13.5 Å². The van der Waals surface area contributed by atoms with E-state index in [4.69, 9.17) is 9.47 Å². The molecule has 0 aliphatic carbocycles. The van der Waals surface area contributed by atoms with Gasteiger partial charge in [0, 0.05) is 44.8 Å². The molecule has 7 heteroatoms. The second kappa shape index (κ2) is 9.83. The Hall–Kier alpha value is -3.06. The second-order valence-corrected chi connectivity index (χ2v) is 7.82. The van der Waals surface area contributed by atoms with Gasteiger partial charge < -0.3 is 19.3 Å². The molecule has 164 valence electrons. The molecule has 2 aliphatic rings. The van der Waals surface area contributed by atoms with Crippen LogP contribution in [0.1, 0.15) is 22.8 Å². The lowest BCUT2D eigenvalue weighted by atomic mass is 10.1. The largest absolute Gasteiger partial charge is 0.486 e. The fraction of sp³-hybridized carbons (Fsp3) is 0.417. The van der Waals surface area contributed by atoms with Crippen molar-refractivity contribution in [2.24, 2.45) is 0 Å². The summed E-state index contributed by atoms with van der Waals surface area (Å²) in [5.74, 6) is 1.65. The van der Waals surface area contributed by atoms with Gasteiger partial charge in [-0.2, -0.15) is 0 Å². The van der Waals surface area contributed by atoms with Crippen LogP contribution in [0.25, 0.3) is 0 Å². The van der Waals surface area contributed by atoms with Gasteiger partial charge in [0.2, 0.25) is 5.91 Å². The summed E-state index contributed by atoms with van der Waals surface area (Å²) < 4.78 is 11.2. The smallest absolute Gasteiger partial charge is 0.253 e. The first kappa shape index (κ1) is 21.2. The first-order chi connectivity index (χ1) is 15.1. The zero-order chi connectivity index (χ0) is 21.6. The number of nitrogens with zero attached hydrogens (tertiary/aromatic N) is 3. The van der Waals surface area contributed by atoms with Gasteiger partial charge in [0.05, 0.1) is 6.54 Å². The van der Waals surface area contributed by atoms with Crippen molar-refractivity contribution in [3.63, 3.8) is 0 Å². The maximum absolute atomic E-state index is 12.9. The Morgan fingerprint density at radius 3 is 2.35 bits per heavy atom. The summed E-state index contributed by atoms with van der Waals surface area (Å²) in [4.78, 5) is 31.4. The molecule has 0 spiro atoms. The van der Waals surface area contributed by atoms with Crippen LogP contribution in [0, 0.1) is 0 Å². The highest BCUT2D eigenvalue weighted by atomic mass is 16.6. The molecule has 0 aromatic heterocycles. The summed E-state index contributed by atoms with van der Waals surface area (Å²) in [5, 5.41) is 0. The minimum Gasteiger partial charge on any atom is -0.486 e. The molecule has 2 aromatic rings. The van der Waals surface area contributed by atoms with Crippen LogP contribution in [0.5, 0.6) is 11.5 Å². The number of piperazine rings is 1. The molecule has 0 bridgehead atoms. The molecule has 2 aromatic carbocycles. The van der Waals surface area contributed by atoms with Crippen LogP contribution in [-0.4, -0.2) is 79.0 Å². The normalized spacial score (nSPS) is 16.1. The summed E-state index contributed by atoms with van der Waals surface area (Å²) in [6, 6.07) is 15.2. The SMILES string of the molecule is CCN(Cc1ccc2c(c1)OCCO2)C(=O)CN1CCN(C(=O)c2ccccc2)CC1. The first-order valence-corrected chi connectivity index (χ1v) is 10.9. The molecule has 0 unspecified atom stereocenters. The lowest BCUT2D eigenvalue weighted by Gasteiger charge is -2.35. The van der Waals surface area contributed by atoms with Crippen LogP contribution in [0.3, 0.4) is 0 Å². The Kier molecular flexibility index (Phi) is 6.72. The topological polar surface area (TPSA) is 62.3 Å². The maximum atomic E-state index is 12.9. The molecule has 2 aliphatic heterocycles. The van der Waals surface area contributed by atoms with Gasteiger partial charge in [0.25, 0.3) is 5.91 Å². The Labute approximate surface area is 183 Å². The molecule has 4 rings (SSSR count). The predicted octanol–water partition coefficient (Wildman–Crippen LogP) is 2.26. The molecule has 0 saturated carbocycles. The maximum Gasteiger partial charge on any atom is 0.253 e. The van der Waals surface area contributed by atoms with Crippen molar-refractivity contribution >= 4 is 11.8 Å². The number of amides is 2. The predicted molar refractivity (Wildman–Crippen MR) is 117 cm³/mol. The number of hydrogen-bond donors (Lipinski definition) is 0. The van der Waals surface area contributed by atoms with Gasteiger partial charge in [-0.25, -0.2) is 0 Å². The lowest BCUT2D eigenvalue weighted by molar-refractivity contribution is -0.133. The molecule has 1 saturated heterocycles. The summed E-state index contributed by atoms with van der Waals surface area (Å²) in [6.45, 7) is 7.32. The average Bonchev–Trinajstić information content (AvgIpc) is 2.83. The van der Waals surface area contributed by atoms with E-state index < -0.39 is 0 Å². The van der Waals surface area contributed by atoms with E-state index in [2.05, 4.69) is 4.90 Å². The molecule has 1 fully saturated rings. The fourth-order valence-corrected chi connectivity index (χ4v) is 3.95. The van der Waals surface area contributed by atoms with Crippen molar-refractivity contribution in [1.29, 1.82) is 0 Å². The summed E-state index contributed by atoms with van der Waals surface area (Å²) in [6.07, 6.45) is 0. The van der Waals surface area contributed by atoms with Crippen LogP contribution in [0.15, 0.2) is 48.5 Å². The number of carbonyl (C=O) groups excluding carboxylic acids is 2. The van der Waals surface area contributed by atoms with Gasteiger partial charge in [0.1, 0.15) is 13.2 Å². The van der Waals surface area contributed by atoms with Gasteiger partial charge in [-0.1, -0.05) is 24.3 Å². The van der Waals surface area contributed by atoms with Crippen LogP contribution in [0.2, 0.25) is 0 Å². The van der Waals surface area contributed by atoms with Gasteiger partial charge in [-0.3, -0.25) is 14.5 Å². The van der Waals surface area contributed by atoms with Crippen LogP contribution < -0.4 is 9.47 Å². The molecule has 2 heterocycles. The van der Waals surface area contributed by atoms with Crippen LogP contribution >= 0.6 is 0 Å². The quantitative estimate of drug-likeness (QED) is 0.713. The van der Waals surface area contributed by atoms with E-state index in [-0.39, 0.29) is 11.8 Å². The summed E-state index contributed by atoms with van der Waals surface area (Å²) >= 11 is 0. The second-order valence-electron chi connectivity index (χ2n) is 7.82. The van der Waals surface area contributed by atoms with Gasteiger partial charge >= 0.3 is 0 Å². The summed E-state index contributed by atoms with van der Waals surface area (Å²) in [5.41, 5.74) is 1.74. The molecular formula is C24H29N3O4. The van der Waals surface area contributed by atoms with Crippen LogP contribution in [-0.2, 0) is 11.3 Å². The Morgan fingerprint density at radius 2 is 1.65 bits per heavy atom. The monoisotopic (exact) mass is 423 g/mol. The molecule has 0 atom stereocenters. The Balaban J connectivity index is 1.29. The first-order valence-electron chi connectivity index (χ1n) is 10.9. The lowest BCUT2D eigenvalue weighted by Crippen LogP contribution is -2.51. The fourth-order valence-electron chi connectivity index (χ4n) is 3.95. The van der Waals surface area contributed by atoms with Crippen molar-refractivity contribution in [2.75, 3.05) is 52.5 Å². The van der Waals surface area contributed by atoms with Gasteiger partial charge in [-0.15, -0.1) is 0 Å². The number of fused-ring (bicyclic) bond motifs is 1. The summed E-state index contributed by atoms with van der Waals surface area (Å²) in [7, 11) is 0.